The van der Waals surface area contributed by atoms with Crippen LogP contribution in [0.2, 0.25) is 0 Å². The monoisotopic (exact) mass is 257 g/mol. The van der Waals surface area contributed by atoms with Crippen molar-refractivity contribution in [1.82, 2.24) is 5.32 Å². The second-order valence-corrected chi connectivity index (χ2v) is 5.32. The molecule has 4 nitrogen and oxygen atoms in total. The fourth-order valence-electron chi connectivity index (χ4n) is 2.15. The first-order chi connectivity index (χ1) is 8.66. The summed E-state index contributed by atoms with van der Waals surface area (Å²) >= 11 is 0. The summed E-state index contributed by atoms with van der Waals surface area (Å²) in [6.07, 6.45) is 8.30. The van der Waals surface area contributed by atoms with Crippen LogP contribution >= 0.6 is 0 Å². The van der Waals surface area contributed by atoms with Crippen LogP contribution in [-0.4, -0.2) is 36.4 Å². The van der Waals surface area contributed by atoms with Gasteiger partial charge in [-0.2, -0.15) is 0 Å². The molecule has 0 aromatic rings. The molecule has 1 fully saturated rings. The molecule has 2 N–H and O–H groups in total. The topological polar surface area (TPSA) is 58.6 Å². The summed E-state index contributed by atoms with van der Waals surface area (Å²) in [6, 6.07) is 0. The fourth-order valence-corrected chi connectivity index (χ4v) is 2.15. The largest absolute Gasteiger partial charge is 0.386 e. The maximum absolute atomic E-state index is 11.6. The summed E-state index contributed by atoms with van der Waals surface area (Å²) in [6.45, 7) is 3.45. The number of rotatable bonds is 9. The number of amides is 1. The average molecular weight is 257 g/mol. The van der Waals surface area contributed by atoms with Gasteiger partial charge >= 0.3 is 0 Å². The minimum Gasteiger partial charge on any atom is -0.386 e. The van der Waals surface area contributed by atoms with Crippen molar-refractivity contribution in [1.29, 1.82) is 0 Å². The van der Waals surface area contributed by atoms with Crippen LogP contribution in [0.1, 0.15) is 58.3 Å². The maximum atomic E-state index is 11.6. The van der Waals surface area contributed by atoms with Crippen molar-refractivity contribution in [3.05, 3.63) is 0 Å². The van der Waals surface area contributed by atoms with Crippen LogP contribution in [0.25, 0.3) is 0 Å². The van der Waals surface area contributed by atoms with E-state index >= 15 is 0 Å². The lowest BCUT2D eigenvalue weighted by atomic mass is 10.0. The van der Waals surface area contributed by atoms with Gasteiger partial charge in [-0.1, -0.05) is 39.0 Å². The van der Waals surface area contributed by atoms with Gasteiger partial charge in [0.05, 0.1) is 6.61 Å². The molecule has 1 unspecified atom stereocenters. The van der Waals surface area contributed by atoms with Gasteiger partial charge in [0.1, 0.15) is 5.60 Å². The summed E-state index contributed by atoms with van der Waals surface area (Å²) in [5.41, 5.74) is -0.837. The third-order valence-electron chi connectivity index (χ3n) is 3.45. The Morgan fingerprint density at radius 1 is 1.28 bits per heavy atom. The van der Waals surface area contributed by atoms with Gasteiger partial charge in [0.15, 0.2) is 0 Å². The van der Waals surface area contributed by atoms with Crippen LogP contribution in [0.4, 0.5) is 0 Å². The minimum absolute atomic E-state index is 0.0471. The molecule has 0 saturated carbocycles. The molecule has 1 heterocycles. The molecule has 1 aliphatic rings. The predicted molar refractivity (Wildman–Crippen MR) is 71.4 cm³/mol. The van der Waals surface area contributed by atoms with Gasteiger partial charge in [-0.25, -0.2) is 0 Å². The molecule has 0 spiro atoms. The Morgan fingerprint density at radius 2 is 2.00 bits per heavy atom. The van der Waals surface area contributed by atoms with Gasteiger partial charge < -0.3 is 15.2 Å². The second kappa shape index (κ2) is 8.48. The van der Waals surface area contributed by atoms with E-state index in [2.05, 4.69) is 12.2 Å². The zero-order valence-corrected chi connectivity index (χ0v) is 11.5. The van der Waals surface area contributed by atoms with Crippen LogP contribution in [0.5, 0.6) is 0 Å². The molecule has 0 aliphatic carbocycles. The fraction of sp³-hybridized carbons (Fsp3) is 0.929. The zero-order chi connectivity index (χ0) is 13.3. The summed E-state index contributed by atoms with van der Waals surface area (Å²) in [4.78, 5) is 11.6. The molecule has 106 valence electrons. The van der Waals surface area contributed by atoms with Crippen LogP contribution in [0.3, 0.4) is 0 Å². The quantitative estimate of drug-likeness (QED) is 0.621. The Labute approximate surface area is 110 Å². The predicted octanol–water partition coefficient (Wildman–Crippen LogP) is 2.00. The number of hydrogen-bond donors (Lipinski definition) is 2. The highest BCUT2D eigenvalue weighted by molar-refractivity contribution is 5.75. The van der Waals surface area contributed by atoms with Crippen molar-refractivity contribution in [2.75, 3.05) is 19.8 Å². The number of carbonyl (C=O) groups excluding carboxylic acids is 1. The number of nitrogens with one attached hydrogen (secondary N) is 1. The summed E-state index contributed by atoms with van der Waals surface area (Å²) < 4.78 is 5.13. The van der Waals surface area contributed by atoms with E-state index < -0.39 is 5.60 Å². The summed E-state index contributed by atoms with van der Waals surface area (Å²) in [5, 5.41) is 12.8. The van der Waals surface area contributed by atoms with Gasteiger partial charge in [-0.05, 0) is 6.42 Å². The zero-order valence-electron chi connectivity index (χ0n) is 11.5. The molecular formula is C14H27NO3. The highest BCUT2D eigenvalue weighted by Crippen LogP contribution is 2.17. The lowest BCUT2D eigenvalue weighted by molar-refractivity contribution is -0.122. The van der Waals surface area contributed by atoms with Crippen LogP contribution in [-0.2, 0) is 9.53 Å². The van der Waals surface area contributed by atoms with E-state index in [0.29, 0.717) is 32.6 Å². The number of ether oxygens (including phenoxy) is 1. The van der Waals surface area contributed by atoms with E-state index in [1.165, 1.54) is 25.7 Å². The first-order valence-electron chi connectivity index (χ1n) is 7.23. The molecule has 1 saturated heterocycles. The SMILES string of the molecule is CCCCCCCCC(=O)NCC1(O)CCOC1. The van der Waals surface area contributed by atoms with E-state index in [-0.39, 0.29) is 5.91 Å². The van der Waals surface area contributed by atoms with E-state index in [1.54, 1.807) is 0 Å². The van der Waals surface area contributed by atoms with Crippen molar-refractivity contribution in [2.45, 2.75) is 63.9 Å². The molecular weight excluding hydrogens is 230 g/mol. The molecule has 0 aromatic carbocycles. The van der Waals surface area contributed by atoms with Gasteiger partial charge in [0, 0.05) is 26.0 Å². The molecule has 1 aliphatic heterocycles. The number of carbonyl (C=O) groups is 1. The molecule has 4 heteroatoms. The lowest BCUT2D eigenvalue weighted by Crippen LogP contribution is -2.43. The van der Waals surface area contributed by atoms with E-state index in [4.69, 9.17) is 4.74 Å². The first kappa shape index (κ1) is 15.4. The van der Waals surface area contributed by atoms with Crippen molar-refractivity contribution >= 4 is 5.91 Å². The first-order valence-corrected chi connectivity index (χ1v) is 7.23. The highest BCUT2D eigenvalue weighted by Gasteiger charge is 2.32. The molecule has 0 bridgehead atoms. The van der Waals surface area contributed by atoms with Crippen LogP contribution in [0.15, 0.2) is 0 Å². The van der Waals surface area contributed by atoms with Gasteiger partial charge in [-0.3, -0.25) is 4.79 Å². The van der Waals surface area contributed by atoms with E-state index in [1.807, 2.05) is 0 Å². The van der Waals surface area contributed by atoms with E-state index in [9.17, 15) is 9.90 Å². The average Bonchev–Trinajstić information content (AvgIpc) is 2.79. The second-order valence-electron chi connectivity index (χ2n) is 5.32. The molecule has 0 aromatic heterocycles. The molecule has 18 heavy (non-hydrogen) atoms. The minimum atomic E-state index is -0.837. The standard InChI is InChI=1S/C14H27NO3/c1-2-3-4-5-6-7-8-13(16)15-11-14(17)9-10-18-12-14/h17H,2-12H2,1H3,(H,15,16). The third kappa shape index (κ3) is 6.36. The van der Waals surface area contributed by atoms with E-state index in [0.717, 1.165) is 12.8 Å². The lowest BCUT2D eigenvalue weighted by Gasteiger charge is -2.20. The normalized spacial score (nSPS) is 23.2. The van der Waals surface area contributed by atoms with Gasteiger partial charge in [-0.15, -0.1) is 0 Å². The van der Waals surface area contributed by atoms with Crippen molar-refractivity contribution in [2.24, 2.45) is 0 Å². The van der Waals surface area contributed by atoms with Gasteiger partial charge in [0.2, 0.25) is 5.91 Å². The Kier molecular flexibility index (Phi) is 7.28. The Bertz CT molecular complexity index is 237. The number of hydrogen-bond acceptors (Lipinski definition) is 3. The molecule has 0 radical (unpaired) electrons. The van der Waals surface area contributed by atoms with Crippen LogP contribution < -0.4 is 5.32 Å². The molecule has 1 amide bonds. The van der Waals surface area contributed by atoms with Crippen molar-refractivity contribution < 1.29 is 14.6 Å². The molecule has 1 rings (SSSR count). The van der Waals surface area contributed by atoms with Crippen LogP contribution in [0, 0.1) is 0 Å². The third-order valence-corrected chi connectivity index (χ3v) is 3.45. The number of aliphatic hydroxyl groups is 1. The summed E-state index contributed by atoms with van der Waals surface area (Å²) in [7, 11) is 0. The summed E-state index contributed by atoms with van der Waals surface area (Å²) in [5.74, 6) is 0.0471. The molecule has 1 atom stereocenters. The Hall–Kier alpha value is -0.610. The van der Waals surface area contributed by atoms with Crippen molar-refractivity contribution in [3.63, 3.8) is 0 Å². The Balaban J connectivity index is 1.97. The Morgan fingerprint density at radius 3 is 2.67 bits per heavy atom. The van der Waals surface area contributed by atoms with Crippen molar-refractivity contribution in [3.8, 4) is 0 Å². The van der Waals surface area contributed by atoms with Gasteiger partial charge in [0.25, 0.3) is 0 Å². The smallest absolute Gasteiger partial charge is 0.220 e. The number of unbranched alkanes of at least 4 members (excludes halogenated alkanes) is 5. The maximum Gasteiger partial charge on any atom is 0.220 e. The highest BCUT2D eigenvalue weighted by atomic mass is 16.5.